The number of anilines is 2. The van der Waals surface area contributed by atoms with E-state index >= 15 is 0 Å². The second-order valence-corrected chi connectivity index (χ2v) is 4.47. The third-order valence-corrected chi connectivity index (χ3v) is 3.02. The summed E-state index contributed by atoms with van der Waals surface area (Å²) in [4.78, 5) is 20.2. The van der Waals surface area contributed by atoms with Crippen LogP contribution in [0, 0.1) is 20.8 Å². The summed E-state index contributed by atoms with van der Waals surface area (Å²) in [5, 5.41) is 2.79. The summed E-state index contributed by atoms with van der Waals surface area (Å²) in [6.07, 6.45) is 3.01. The van der Waals surface area contributed by atoms with Gasteiger partial charge < -0.3 is 11.1 Å². The van der Waals surface area contributed by atoms with Crippen LogP contribution in [0.3, 0.4) is 0 Å². The van der Waals surface area contributed by atoms with Gasteiger partial charge in [-0.15, -0.1) is 0 Å². The Hall–Kier alpha value is -2.43. The Morgan fingerprint density at radius 1 is 1.16 bits per heavy atom. The van der Waals surface area contributed by atoms with E-state index in [1.807, 2.05) is 26.8 Å². The van der Waals surface area contributed by atoms with Crippen molar-refractivity contribution in [2.45, 2.75) is 20.8 Å². The average molecular weight is 256 g/mol. The minimum atomic E-state index is -0.312. The molecule has 1 heterocycles. The summed E-state index contributed by atoms with van der Waals surface area (Å²) in [5.74, 6) is -0.312. The first-order chi connectivity index (χ1) is 8.99. The van der Waals surface area contributed by atoms with Gasteiger partial charge in [0.15, 0.2) is 0 Å². The van der Waals surface area contributed by atoms with Crippen molar-refractivity contribution in [3.8, 4) is 0 Å². The predicted octanol–water partition coefficient (Wildman–Crippen LogP) is 2.24. The van der Waals surface area contributed by atoms with Gasteiger partial charge in [0.05, 0.1) is 23.3 Å². The van der Waals surface area contributed by atoms with Crippen LogP contribution in [0.25, 0.3) is 0 Å². The molecular formula is C14H16N4O. The number of benzene rings is 1. The van der Waals surface area contributed by atoms with Crippen LogP contribution in [0.2, 0.25) is 0 Å². The van der Waals surface area contributed by atoms with Gasteiger partial charge in [-0.25, -0.2) is 4.98 Å². The maximum absolute atomic E-state index is 12.1. The fraction of sp³-hybridized carbons (Fsp3) is 0.214. The van der Waals surface area contributed by atoms with Crippen molar-refractivity contribution in [2.75, 3.05) is 11.1 Å². The number of hydrogen-bond donors (Lipinski definition) is 2. The maximum Gasteiger partial charge on any atom is 0.275 e. The van der Waals surface area contributed by atoms with Crippen LogP contribution in [-0.4, -0.2) is 15.9 Å². The molecule has 1 aromatic heterocycles. The fourth-order valence-corrected chi connectivity index (χ4v) is 1.69. The first kappa shape index (κ1) is 13.0. The summed E-state index contributed by atoms with van der Waals surface area (Å²) in [6, 6.07) is 3.70. The van der Waals surface area contributed by atoms with Gasteiger partial charge in [0.2, 0.25) is 0 Å². The Morgan fingerprint density at radius 3 is 2.53 bits per heavy atom. The summed E-state index contributed by atoms with van der Waals surface area (Å²) >= 11 is 0. The minimum Gasteiger partial charge on any atom is -0.397 e. The number of nitrogens with zero attached hydrogens (tertiary/aromatic N) is 2. The lowest BCUT2D eigenvalue weighted by atomic mass is 10.1. The van der Waals surface area contributed by atoms with E-state index in [-0.39, 0.29) is 11.6 Å². The lowest BCUT2D eigenvalue weighted by Gasteiger charge is -2.12. The van der Waals surface area contributed by atoms with Crippen molar-refractivity contribution < 1.29 is 4.79 Å². The molecule has 0 spiro atoms. The zero-order valence-corrected chi connectivity index (χ0v) is 11.2. The number of rotatable bonds is 2. The number of nitrogens with one attached hydrogen (secondary N) is 1. The largest absolute Gasteiger partial charge is 0.397 e. The quantitative estimate of drug-likeness (QED) is 0.807. The third-order valence-electron chi connectivity index (χ3n) is 3.02. The van der Waals surface area contributed by atoms with E-state index in [1.165, 1.54) is 6.20 Å². The molecule has 0 aliphatic rings. The van der Waals surface area contributed by atoms with E-state index in [0.29, 0.717) is 11.4 Å². The Labute approximate surface area is 111 Å². The van der Waals surface area contributed by atoms with Gasteiger partial charge in [-0.3, -0.25) is 9.78 Å². The highest BCUT2D eigenvalue weighted by molar-refractivity contribution is 6.04. The number of nitrogens with two attached hydrogens (primary N) is 1. The molecule has 0 unspecified atom stereocenters. The van der Waals surface area contributed by atoms with E-state index < -0.39 is 0 Å². The first-order valence-corrected chi connectivity index (χ1v) is 5.94. The van der Waals surface area contributed by atoms with E-state index in [4.69, 9.17) is 5.73 Å². The summed E-state index contributed by atoms with van der Waals surface area (Å²) in [7, 11) is 0. The number of aryl methyl sites for hydroxylation is 2. The van der Waals surface area contributed by atoms with Gasteiger partial charge in [0.1, 0.15) is 5.69 Å². The highest BCUT2D eigenvalue weighted by Gasteiger charge is 2.12. The second-order valence-electron chi connectivity index (χ2n) is 4.47. The van der Waals surface area contributed by atoms with Crippen LogP contribution in [0.15, 0.2) is 24.5 Å². The number of amides is 1. The lowest BCUT2D eigenvalue weighted by Crippen LogP contribution is -2.16. The molecule has 3 N–H and O–H groups in total. The zero-order chi connectivity index (χ0) is 14.0. The van der Waals surface area contributed by atoms with Crippen LogP contribution in [0.4, 0.5) is 11.4 Å². The van der Waals surface area contributed by atoms with Crippen LogP contribution >= 0.6 is 0 Å². The van der Waals surface area contributed by atoms with E-state index in [1.54, 1.807) is 12.3 Å². The second kappa shape index (κ2) is 5.06. The van der Waals surface area contributed by atoms with Gasteiger partial charge in [-0.2, -0.15) is 0 Å². The monoisotopic (exact) mass is 256 g/mol. The van der Waals surface area contributed by atoms with Crippen LogP contribution in [0.5, 0.6) is 0 Å². The summed E-state index contributed by atoms with van der Waals surface area (Å²) < 4.78 is 0. The molecule has 0 fully saturated rings. The Kier molecular flexibility index (Phi) is 3.46. The number of carbonyl (C=O) groups is 1. The average Bonchev–Trinajstić information content (AvgIpc) is 2.40. The Balaban J connectivity index is 2.29. The van der Waals surface area contributed by atoms with Gasteiger partial charge in [0.25, 0.3) is 5.91 Å². The van der Waals surface area contributed by atoms with Gasteiger partial charge in [-0.1, -0.05) is 6.07 Å². The van der Waals surface area contributed by atoms with Crippen molar-refractivity contribution in [2.24, 2.45) is 0 Å². The molecule has 98 valence electrons. The molecule has 1 aromatic carbocycles. The molecule has 19 heavy (non-hydrogen) atoms. The van der Waals surface area contributed by atoms with Crippen LogP contribution in [0.1, 0.15) is 27.3 Å². The topological polar surface area (TPSA) is 80.9 Å². The van der Waals surface area contributed by atoms with E-state index in [2.05, 4.69) is 15.3 Å². The predicted molar refractivity (Wildman–Crippen MR) is 75.1 cm³/mol. The molecule has 5 nitrogen and oxygen atoms in total. The van der Waals surface area contributed by atoms with Gasteiger partial charge in [0, 0.05) is 6.20 Å². The summed E-state index contributed by atoms with van der Waals surface area (Å²) in [6.45, 7) is 5.70. The smallest absolute Gasteiger partial charge is 0.275 e. The lowest BCUT2D eigenvalue weighted by molar-refractivity contribution is 0.102. The molecule has 0 atom stereocenters. The molecular weight excluding hydrogens is 240 g/mol. The normalized spacial score (nSPS) is 10.3. The SMILES string of the molecule is Cc1cnc(C(=O)Nc2c(N)ccc(C)c2C)cn1. The van der Waals surface area contributed by atoms with Gasteiger partial charge >= 0.3 is 0 Å². The molecule has 2 rings (SSSR count). The van der Waals surface area contributed by atoms with Crippen molar-refractivity contribution in [1.82, 2.24) is 9.97 Å². The molecule has 0 radical (unpaired) electrons. The summed E-state index contributed by atoms with van der Waals surface area (Å²) in [5.41, 5.74) is 10.1. The molecule has 0 saturated heterocycles. The molecule has 0 aliphatic carbocycles. The number of nitrogen functional groups attached to an aromatic ring is 1. The van der Waals surface area contributed by atoms with Crippen LogP contribution < -0.4 is 11.1 Å². The highest BCUT2D eigenvalue weighted by atomic mass is 16.1. The number of hydrogen-bond acceptors (Lipinski definition) is 4. The van der Waals surface area contributed by atoms with Crippen LogP contribution in [-0.2, 0) is 0 Å². The molecule has 0 saturated carbocycles. The number of aromatic nitrogens is 2. The first-order valence-electron chi connectivity index (χ1n) is 5.94. The van der Waals surface area contributed by atoms with Gasteiger partial charge in [-0.05, 0) is 38.0 Å². The van der Waals surface area contributed by atoms with Crippen molar-refractivity contribution in [3.63, 3.8) is 0 Å². The van der Waals surface area contributed by atoms with Crippen molar-refractivity contribution in [3.05, 3.63) is 47.0 Å². The number of carbonyl (C=O) groups excluding carboxylic acids is 1. The highest BCUT2D eigenvalue weighted by Crippen LogP contribution is 2.26. The molecule has 0 aliphatic heterocycles. The Bertz CT molecular complexity index is 620. The standard InChI is InChI=1S/C14H16N4O/c1-8-4-5-11(15)13(10(8)3)18-14(19)12-7-16-9(2)6-17-12/h4-7H,15H2,1-3H3,(H,18,19). The Morgan fingerprint density at radius 2 is 1.89 bits per heavy atom. The van der Waals surface area contributed by atoms with Crippen molar-refractivity contribution in [1.29, 1.82) is 0 Å². The maximum atomic E-state index is 12.1. The molecule has 1 amide bonds. The molecule has 5 heteroatoms. The third kappa shape index (κ3) is 2.70. The fourth-order valence-electron chi connectivity index (χ4n) is 1.69. The van der Waals surface area contributed by atoms with Crippen molar-refractivity contribution >= 4 is 17.3 Å². The molecule has 0 bridgehead atoms. The minimum absolute atomic E-state index is 0.269. The van der Waals surface area contributed by atoms with E-state index in [0.717, 1.165) is 16.8 Å². The van der Waals surface area contributed by atoms with E-state index in [9.17, 15) is 4.79 Å². The zero-order valence-electron chi connectivity index (χ0n) is 11.2. The molecule has 2 aromatic rings.